The molecule has 0 spiro atoms. The van der Waals surface area contributed by atoms with Crippen molar-refractivity contribution in [1.82, 2.24) is 10.3 Å². The van der Waals surface area contributed by atoms with Crippen molar-refractivity contribution in [3.8, 4) is 0 Å². The van der Waals surface area contributed by atoms with Crippen molar-refractivity contribution in [2.45, 2.75) is 6.54 Å². The number of nitrogens with zero attached hydrogens (tertiary/aromatic N) is 1. The molecule has 0 fully saturated rings. The third-order valence-electron chi connectivity index (χ3n) is 1.26. The highest BCUT2D eigenvalue weighted by molar-refractivity contribution is 6.29. The standard InChI is InChI=1S/C7H8ClN3O/c8-6-3-5(1-2-10-6)4-11-7(9)12/h1-3H,4H2,(H3,9,11,12). The van der Waals surface area contributed by atoms with Crippen molar-refractivity contribution in [2.75, 3.05) is 0 Å². The molecule has 0 unspecified atom stereocenters. The van der Waals surface area contributed by atoms with Gasteiger partial charge in [0, 0.05) is 12.7 Å². The fourth-order valence-electron chi connectivity index (χ4n) is 0.742. The molecular weight excluding hydrogens is 178 g/mol. The summed E-state index contributed by atoms with van der Waals surface area (Å²) in [6, 6.07) is 2.86. The van der Waals surface area contributed by atoms with Gasteiger partial charge in [0.15, 0.2) is 0 Å². The Balaban J connectivity index is 2.57. The number of amides is 2. The molecule has 3 N–H and O–H groups in total. The van der Waals surface area contributed by atoms with Crippen LogP contribution < -0.4 is 11.1 Å². The number of rotatable bonds is 2. The van der Waals surface area contributed by atoms with Crippen LogP contribution in [0.25, 0.3) is 0 Å². The first kappa shape index (κ1) is 8.80. The van der Waals surface area contributed by atoms with Crippen LogP contribution >= 0.6 is 11.6 Å². The van der Waals surface area contributed by atoms with Crippen LogP contribution in [-0.4, -0.2) is 11.0 Å². The van der Waals surface area contributed by atoms with Crippen LogP contribution in [-0.2, 0) is 6.54 Å². The van der Waals surface area contributed by atoms with E-state index in [-0.39, 0.29) is 0 Å². The molecule has 0 aliphatic rings. The van der Waals surface area contributed by atoms with Gasteiger partial charge in [-0.2, -0.15) is 0 Å². The number of pyridine rings is 1. The SMILES string of the molecule is NC(=O)NCc1ccnc(Cl)c1. The van der Waals surface area contributed by atoms with Gasteiger partial charge in [-0.05, 0) is 17.7 Å². The lowest BCUT2D eigenvalue weighted by atomic mass is 10.3. The number of hydrogen-bond donors (Lipinski definition) is 2. The van der Waals surface area contributed by atoms with Crippen molar-refractivity contribution in [1.29, 1.82) is 0 Å². The van der Waals surface area contributed by atoms with Crippen molar-refractivity contribution in [3.63, 3.8) is 0 Å². The van der Waals surface area contributed by atoms with Crippen LogP contribution in [0.2, 0.25) is 5.15 Å². The average Bonchev–Trinajstić information content (AvgIpc) is 2.01. The molecule has 0 radical (unpaired) electrons. The largest absolute Gasteiger partial charge is 0.352 e. The van der Waals surface area contributed by atoms with Crippen LogP contribution in [0, 0.1) is 0 Å². The van der Waals surface area contributed by atoms with E-state index in [2.05, 4.69) is 10.3 Å². The van der Waals surface area contributed by atoms with Gasteiger partial charge < -0.3 is 11.1 Å². The summed E-state index contributed by atoms with van der Waals surface area (Å²) in [5.74, 6) is 0. The fourth-order valence-corrected chi connectivity index (χ4v) is 0.938. The Bertz CT molecular complexity index is 290. The van der Waals surface area contributed by atoms with Crippen molar-refractivity contribution >= 4 is 17.6 Å². The maximum absolute atomic E-state index is 10.3. The van der Waals surface area contributed by atoms with Gasteiger partial charge in [-0.1, -0.05) is 11.6 Å². The van der Waals surface area contributed by atoms with E-state index in [1.807, 2.05) is 0 Å². The normalized spacial score (nSPS) is 9.42. The van der Waals surface area contributed by atoms with E-state index >= 15 is 0 Å². The van der Waals surface area contributed by atoms with Gasteiger partial charge in [-0.15, -0.1) is 0 Å². The maximum Gasteiger partial charge on any atom is 0.312 e. The lowest BCUT2D eigenvalue weighted by molar-refractivity contribution is 0.248. The highest BCUT2D eigenvalue weighted by Crippen LogP contribution is 2.05. The average molecular weight is 186 g/mol. The maximum atomic E-state index is 10.3. The van der Waals surface area contributed by atoms with Crippen molar-refractivity contribution in [3.05, 3.63) is 29.0 Å². The summed E-state index contributed by atoms with van der Waals surface area (Å²) in [5, 5.41) is 2.84. The molecule has 1 aromatic rings. The second-order valence-electron chi connectivity index (χ2n) is 2.20. The Hall–Kier alpha value is -1.29. The van der Waals surface area contributed by atoms with E-state index in [0.29, 0.717) is 11.7 Å². The molecule has 0 aromatic carbocycles. The van der Waals surface area contributed by atoms with E-state index in [4.69, 9.17) is 17.3 Å². The molecule has 1 aromatic heterocycles. The summed E-state index contributed by atoms with van der Waals surface area (Å²) in [6.45, 7) is 0.373. The minimum Gasteiger partial charge on any atom is -0.352 e. The Labute approximate surface area is 74.7 Å². The zero-order valence-corrected chi connectivity index (χ0v) is 7.01. The van der Waals surface area contributed by atoms with Gasteiger partial charge in [0.05, 0.1) is 0 Å². The second-order valence-corrected chi connectivity index (χ2v) is 2.59. The smallest absolute Gasteiger partial charge is 0.312 e. The zero-order valence-electron chi connectivity index (χ0n) is 6.25. The van der Waals surface area contributed by atoms with Crippen molar-refractivity contribution in [2.24, 2.45) is 5.73 Å². The summed E-state index contributed by atoms with van der Waals surface area (Å²) in [5.41, 5.74) is 5.75. The zero-order chi connectivity index (χ0) is 8.97. The fraction of sp³-hybridized carbons (Fsp3) is 0.143. The van der Waals surface area contributed by atoms with Gasteiger partial charge in [0.25, 0.3) is 0 Å². The molecule has 5 heteroatoms. The number of nitrogens with two attached hydrogens (primary N) is 1. The van der Waals surface area contributed by atoms with Gasteiger partial charge >= 0.3 is 6.03 Å². The lowest BCUT2D eigenvalue weighted by Crippen LogP contribution is -2.28. The Kier molecular flexibility index (Phi) is 2.88. The molecule has 4 nitrogen and oxygen atoms in total. The van der Waals surface area contributed by atoms with Crippen molar-refractivity contribution < 1.29 is 4.79 Å². The summed E-state index contributed by atoms with van der Waals surface area (Å²) in [7, 11) is 0. The summed E-state index contributed by atoms with van der Waals surface area (Å²) in [6.07, 6.45) is 1.57. The minimum absolute atomic E-state index is 0.373. The Morgan fingerprint density at radius 1 is 1.75 bits per heavy atom. The number of hydrogen-bond acceptors (Lipinski definition) is 2. The molecule has 64 valence electrons. The molecule has 0 bridgehead atoms. The van der Waals surface area contributed by atoms with Gasteiger partial charge in [0.2, 0.25) is 0 Å². The van der Waals surface area contributed by atoms with Crippen LogP contribution in [0.4, 0.5) is 4.79 Å². The van der Waals surface area contributed by atoms with E-state index in [0.717, 1.165) is 5.56 Å². The molecule has 12 heavy (non-hydrogen) atoms. The lowest BCUT2D eigenvalue weighted by Gasteiger charge is -2.00. The molecule has 0 aliphatic carbocycles. The van der Waals surface area contributed by atoms with Crippen LogP contribution in [0.3, 0.4) is 0 Å². The van der Waals surface area contributed by atoms with E-state index in [9.17, 15) is 4.79 Å². The molecule has 0 saturated carbocycles. The first-order chi connectivity index (χ1) is 5.68. The predicted octanol–water partition coefficient (Wildman–Crippen LogP) is 0.903. The summed E-state index contributed by atoms with van der Waals surface area (Å²) in [4.78, 5) is 14.1. The van der Waals surface area contributed by atoms with Crippen LogP contribution in [0.1, 0.15) is 5.56 Å². The molecule has 0 saturated heterocycles. The molecule has 1 rings (SSSR count). The number of urea groups is 1. The molecule has 0 aliphatic heterocycles. The second kappa shape index (κ2) is 3.92. The quantitative estimate of drug-likeness (QED) is 0.673. The summed E-state index contributed by atoms with van der Waals surface area (Å²) >= 11 is 5.61. The first-order valence-electron chi connectivity index (χ1n) is 3.32. The van der Waals surface area contributed by atoms with Gasteiger partial charge in [0.1, 0.15) is 5.15 Å². The highest BCUT2D eigenvalue weighted by atomic mass is 35.5. The van der Waals surface area contributed by atoms with Gasteiger partial charge in [-0.25, -0.2) is 9.78 Å². The van der Waals surface area contributed by atoms with E-state index in [1.165, 1.54) is 0 Å². The third-order valence-corrected chi connectivity index (χ3v) is 1.46. The Morgan fingerprint density at radius 3 is 3.08 bits per heavy atom. The molecular formula is C7H8ClN3O. The third kappa shape index (κ3) is 2.75. The number of carbonyl (C=O) groups is 1. The predicted molar refractivity (Wildman–Crippen MR) is 45.7 cm³/mol. The van der Waals surface area contributed by atoms with E-state index < -0.39 is 6.03 Å². The topological polar surface area (TPSA) is 68.0 Å². The van der Waals surface area contributed by atoms with Gasteiger partial charge in [-0.3, -0.25) is 0 Å². The number of halogens is 1. The molecule has 0 atom stereocenters. The number of primary amides is 1. The molecule has 2 amide bonds. The summed E-state index contributed by atoms with van der Waals surface area (Å²) < 4.78 is 0. The minimum atomic E-state index is -0.553. The highest BCUT2D eigenvalue weighted by Gasteiger charge is 1.95. The number of carbonyl (C=O) groups excluding carboxylic acids is 1. The van der Waals surface area contributed by atoms with E-state index in [1.54, 1.807) is 18.3 Å². The number of nitrogens with one attached hydrogen (secondary N) is 1. The molecule has 1 heterocycles. The Morgan fingerprint density at radius 2 is 2.50 bits per heavy atom. The monoisotopic (exact) mass is 185 g/mol. The number of aromatic nitrogens is 1. The van der Waals surface area contributed by atoms with Crippen LogP contribution in [0.15, 0.2) is 18.3 Å². The van der Waals surface area contributed by atoms with Crippen LogP contribution in [0.5, 0.6) is 0 Å². The first-order valence-corrected chi connectivity index (χ1v) is 3.70.